The first-order valence-electron chi connectivity index (χ1n) is 7.60. The zero-order valence-corrected chi connectivity index (χ0v) is 11.4. The Balaban J connectivity index is 1.49. The van der Waals surface area contributed by atoms with E-state index in [1.54, 1.807) is 0 Å². The van der Waals surface area contributed by atoms with E-state index in [1.807, 2.05) is 24.3 Å². The lowest BCUT2D eigenvalue weighted by molar-refractivity contribution is -0.0160. The van der Waals surface area contributed by atoms with E-state index in [-0.39, 0.29) is 0 Å². The van der Waals surface area contributed by atoms with Crippen LogP contribution < -0.4 is 16.6 Å². The van der Waals surface area contributed by atoms with Crippen molar-refractivity contribution in [2.24, 2.45) is 17.8 Å². The average Bonchev–Trinajstić information content (AvgIpc) is 2.36. The van der Waals surface area contributed by atoms with Gasteiger partial charge in [0.25, 0.3) is 0 Å². The van der Waals surface area contributed by atoms with Crippen molar-refractivity contribution in [3.8, 4) is 0 Å². The SMILES string of the molecule is Nc1ccccc1NNC12CC3CC(CC(C3)C1)C2. The number of anilines is 2. The largest absolute Gasteiger partial charge is 0.397 e. The molecule has 4 aliphatic carbocycles. The first-order chi connectivity index (χ1) is 9.22. The second-order valence-corrected chi connectivity index (χ2v) is 7.04. The van der Waals surface area contributed by atoms with Gasteiger partial charge in [0.15, 0.2) is 0 Å². The van der Waals surface area contributed by atoms with Crippen molar-refractivity contribution in [2.45, 2.75) is 44.1 Å². The van der Waals surface area contributed by atoms with Gasteiger partial charge in [-0.15, -0.1) is 0 Å². The highest BCUT2D eigenvalue weighted by molar-refractivity contribution is 5.65. The summed E-state index contributed by atoms with van der Waals surface area (Å²) in [5.74, 6) is 2.90. The maximum absolute atomic E-state index is 6.00. The molecule has 19 heavy (non-hydrogen) atoms. The predicted molar refractivity (Wildman–Crippen MR) is 78.5 cm³/mol. The van der Waals surface area contributed by atoms with Gasteiger partial charge in [-0.05, 0) is 68.4 Å². The first kappa shape index (κ1) is 11.6. The number of para-hydroxylation sites is 2. The van der Waals surface area contributed by atoms with Crippen LogP contribution in [0.5, 0.6) is 0 Å². The van der Waals surface area contributed by atoms with Crippen LogP contribution >= 0.6 is 0 Å². The second kappa shape index (κ2) is 4.14. The number of hydrazine groups is 1. The molecular formula is C16H23N3. The fourth-order valence-electron chi connectivity index (χ4n) is 5.07. The Hall–Kier alpha value is -1.22. The molecule has 3 heteroatoms. The molecule has 0 heterocycles. The summed E-state index contributed by atoms with van der Waals surface area (Å²) in [5, 5.41) is 0. The number of nitrogens with two attached hydrogens (primary N) is 1. The molecule has 4 saturated carbocycles. The van der Waals surface area contributed by atoms with Crippen molar-refractivity contribution in [1.29, 1.82) is 0 Å². The zero-order chi connectivity index (χ0) is 12.9. The van der Waals surface area contributed by atoms with Crippen molar-refractivity contribution in [3.63, 3.8) is 0 Å². The van der Waals surface area contributed by atoms with Gasteiger partial charge in [0.2, 0.25) is 0 Å². The molecule has 4 bridgehead atoms. The highest BCUT2D eigenvalue weighted by Gasteiger charge is 2.50. The van der Waals surface area contributed by atoms with Gasteiger partial charge in [0, 0.05) is 5.54 Å². The molecule has 0 spiro atoms. The molecular weight excluding hydrogens is 234 g/mol. The molecule has 0 saturated heterocycles. The molecule has 5 rings (SSSR count). The van der Waals surface area contributed by atoms with Crippen molar-refractivity contribution < 1.29 is 0 Å². The van der Waals surface area contributed by atoms with Crippen LogP contribution in [0, 0.1) is 17.8 Å². The summed E-state index contributed by atoms with van der Waals surface area (Å²) in [5.41, 5.74) is 15.2. The molecule has 3 nitrogen and oxygen atoms in total. The summed E-state index contributed by atoms with van der Waals surface area (Å²) in [6, 6.07) is 8.00. The smallest absolute Gasteiger partial charge is 0.0718 e. The van der Waals surface area contributed by atoms with Crippen LogP contribution in [0.1, 0.15) is 38.5 Å². The molecule has 0 atom stereocenters. The molecule has 4 aliphatic rings. The quantitative estimate of drug-likeness (QED) is 0.576. The number of benzene rings is 1. The third kappa shape index (κ3) is 2.00. The van der Waals surface area contributed by atoms with E-state index >= 15 is 0 Å². The molecule has 1 aromatic carbocycles. The molecule has 102 valence electrons. The summed E-state index contributed by atoms with van der Waals surface area (Å²) in [7, 11) is 0. The third-order valence-electron chi connectivity index (χ3n) is 5.46. The maximum Gasteiger partial charge on any atom is 0.0718 e. The lowest BCUT2D eigenvalue weighted by Gasteiger charge is -2.57. The molecule has 0 unspecified atom stereocenters. The zero-order valence-electron chi connectivity index (χ0n) is 11.4. The number of hydrogen-bond donors (Lipinski definition) is 3. The minimum absolute atomic E-state index is 0.330. The Morgan fingerprint density at radius 3 is 2.11 bits per heavy atom. The summed E-state index contributed by atoms with van der Waals surface area (Å²) in [6.45, 7) is 0. The van der Waals surface area contributed by atoms with Crippen LogP contribution in [-0.2, 0) is 0 Å². The van der Waals surface area contributed by atoms with Crippen LogP contribution in [0.15, 0.2) is 24.3 Å². The van der Waals surface area contributed by atoms with Gasteiger partial charge >= 0.3 is 0 Å². The van der Waals surface area contributed by atoms with Gasteiger partial charge < -0.3 is 11.2 Å². The van der Waals surface area contributed by atoms with Crippen LogP contribution in [0.2, 0.25) is 0 Å². The average molecular weight is 257 g/mol. The summed E-state index contributed by atoms with van der Waals surface area (Å²) in [4.78, 5) is 0. The fourth-order valence-corrected chi connectivity index (χ4v) is 5.07. The topological polar surface area (TPSA) is 50.1 Å². The van der Waals surface area contributed by atoms with E-state index in [0.29, 0.717) is 5.54 Å². The Labute approximate surface area is 114 Å². The molecule has 4 N–H and O–H groups in total. The van der Waals surface area contributed by atoms with Crippen LogP contribution in [0.25, 0.3) is 0 Å². The van der Waals surface area contributed by atoms with Crippen molar-refractivity contribution >= 4 is 11.4 Å². The normalized spacial score (nSPS) is 39.5. The van der Waals surface area contributed by atoms with E-state index in [2.05, 4.69) is 10.9 Å². The van der Waals surface area contributed by atoms with E-state index in [4.69, 9.17) is 5.73 Å². The number of nitrogens with one attached hydrogen (secondary N) is 2. The standard InChI is InChI=1S/C16H23N3/c17-14-3-1-2-4-15(14)18-19-16-8-11-5-12(9-16)7-13(6-11)10-16/h1-4,11-13,18-19H,5-10,17H2. The van der Waals surface area contributed by atoms with Gasteiger partial charge in [0.05, 0.1) is 11.4 Å². The fraction of sp³-hybridized carbons (Fsp3) is 0.625. The Morgan fingerprint density at radius 1 is 0.947 bits per heavy atom. The monoisotopic (exact) mass is 257 g/mol. The van der Waals surface area contributed by atoms with E-state index < -0.39 is 0 Å². The van der Waals surface area contributed by atoms with Gasteiger partial charge in [-0.2, -0.15) is 0 Å². The minimum Gasteiger partial charge on any atom is -0.397 e. The highest BCUT2D eigenvalue weighted by atomic mass is 15.4. The molecule has 0 aromatic heterocycles. The Morgan fingerprint density at radius 2 is 1.53 bits per heavy atom. The molecule has 0 amide bonds. The number of nitrogen functional groups attached to an aromatic ring is 1. The second-order valence-electron chi connectivity index (χ2n) is 7.04. The van der Waals surface area contributed by atoms with Crippen LogP contribution in [0.4, 0.5) is 11.4 Å². The molecule has 4 fully saturated rings. The lowest BCUT2D eigenvalue weighted by Crippen LogP contribution is -2.59. The molecule has 0 radical (unpaired) electrons. The van der Waals surface area contributed by atoms with E-state index in [1.165, 1.54) is 38.5 Å². The van der Waals surface area contributed by atoms with Crippen LogP contribution in [-0.4, -0.2) is 5.54 Å². The van der Waals surface area contributed by atoms with E-state index in [9.17, 15) is 0 Å². The van der Waals surface area contributed by atoms with E-state index in [0.717, 1.165) is 29.1 Å². The molecule has 0 aliphatic heterocycles. The van der Waals surface area contributed by atoms with Gasteiger partial charge in [-0.25, -0.2) is 5.43 Å². The first-order valence-corrected chi connectivity index (χ1v) is 7.60. The Kier molecular flexibility index (Phi) is 2.52. The predicted octanol–water partition coefficient (Wildman–Crippen LogP) is 3.15. The lowest BCUT2D eigenvalue weighted by atomic mass is 9.53. The van der Waals surface area contributed by atoms with Crippen LogP contribution in [0.3, 0.4) is 0 Å². The van der Waals surface area contributed by atoms with Gasteiger partial charge in [-0.1, -0.05) is 12.1 Å². The number of rotatable bonds is 3. The van der Waals surface area contributed by atoms with Gasteiger partial charge in [-0.3, -0.25) is 0 Å². The Bertz CT molecular complexity index is 447. The minimum atomic E-state index is 0.330. The van der Waals surface area contributed by atoms with Crippen molar-refractivity contribution in [3.05, 3.63) is 24.3 Å². The van der Waals surface area contributed by atoms with Crippen molar-refractivity contribution in [1.82, 2.24) is 5.43 Å². The molecule has 1 aromatic rings. The summed E-state index contributed by atoms with van der Waals surface area (Å²) >= 11 is 0. The summed E-state index contributed by atoms with van der Waals surface area (Å²) < 4.78 is 0. The van der Waals surface area contributed by atoms with Gasteiger partial charge in [0.1, 0.15) is 0 Å². The maximum atomic E-state index is 6.00. The van der Waals surface area contributed by atoms with Crippen molar-refractivity contribution in [2.75, 3.05) is 11.2 Å². The summed E-state index contributed by atoms with van der Waals surface area (Å²) in [6.07, 6.45) is 8.48. The third-order valence-corrected chi connectivity index (χ3v) is 5.46. The highest BCUT2D eigenvalue weighted by Crippen LogP contribution is 2.55. The number of hydrogen-bond acceptors (Lipinski definition) is 3.